The van der Waals surface area contributed by atoms with Gasteiger partial charge in [0.25, 0.3) is 0 Å². The third-order valence-corrected chi connectivity index (χ3v) is 13.9. The number of esters is 2. The zero-order valence-corrected chi connectivity index (χ0v) is 51.3. The van der Waals surface area contributed by atoms with Gasteiger partial charge in [0.05, 0.1) is 40.3 Å². The molecule has 0 saturated heterocycles. The van der Waals surface area contributed by atoms with Crippen LogP contribution >= 0.6 is 0 Å². The number of quaternary nitrogens is 1. The molecule has 0 radical (unpaired) electrons. The molecule has 0 aliphatic rings. The molecule has 2 atom stereocenters. The largest absolute Gasteiger partial charge is 0.545 e. The number of allylic oxidation sites excluding steroid dienone is 14. The fraction of sp³-hybridized carbons (Fsp3) is 0.754. The third kappa shape index (κ3) is 60.1. The summed E-state index contributed by atoms with van der Waals surface area (Å²) in [5.41, 5.74) is 0. The molecule has 0 aliphatic carbocycles. The Morgan fingerprint density at radius 1 is 0.397 bits per heavy atom. The number of carboxylic acid groups (broad SMARTS) is 1. The lowest BCUT2D eigenvalue weighted by Gasteiger charge is -2.26. The molecule has 0 aliphatic heterocycles. The summed E-state index contributed by atoms with van der Waals surface area (Å²) in [6.45, 7) is 4.62. The summed E-state index contributed by atoms with van der Waals surface area (Å²) in [6, 6.07) is 0. The van der Waals surface area contributed by atoms with Crippen LogP contribution in [0.4, 0.5) is 0 Å². The maximum atomic E-state index is 12.9. The summed E-state index contributed by atoms with van der Waals surface area (Å²) in [5, 5.41) is 11.8. The molecule has 9 nitrogen and oxygen atoms in total. The zero-order valence-electron chi connectivity index (χ0n) is 51.3. The van der Waals surface area contributed by atoms with Gasteiger partial charge >= 0.3 is 11.9 Å². The second kappa shape index (κ2) is 59.6. The van der Waals surface area contributed by atoms with Crippen LogP contribution in [0.1, 0.15) is 277 Å². The van der Waals surface area contributed by atoms with Crippen molar-refractivity contribution in [2.24, 2.45) is 0 Å². The maximum Gasteiger partial charge on any atom is 0.306 e. The summed E-state index contributed by atoms with van der Waals surface area (Å²) in [6.07, 6.45) is 76.6. The normalized spacial score (nSPS) is 13.3. The smallest absolute Gasteiger partial charge is 0.306 e. The van der Waals surface area contributed by atoms with E-state index >= 15 is 0 Å². The lowest BCUT2D eigenvalue weighted by atomic mass is 10.0. The summed E-state index contributed by atoms with van der Waals surface area (Å²) >= 11 is 0. The number of unbranched alkanes of at least 4 members (excludes halogenated alkanes) is 30. The molecule has 0 rings (SSSR count). The van der Waals surface area contributed by atoms with Crippen LogP contribution in [0.3, 0.4) is 0 Å². The van der Waals surface area contributed by atoms with Gasteiger partial charge in [-0.1, -0.05) is 259 Å². The van der Waals surface area contributed by atoms with E-state index in [4.69, 9.17) is 18.9 Å². The van der Waals surface area contributed by atoms with Crippen LogP contribution in [0.25, 0.3) is 0 Å². The highest BCUT2D eigenvalue weighted by atomic mass is 16.7. The average Bonchev–Trinajstić information content (AvgIpc) is 3.41. The number of carbonyl (C=O) groups excluding carboxylic acids is 3. The summed E-state index contributed by atoms with van der Waals surface area (Å²) in [5.74, 6) is -2.29. The van der Waals surface area contributed by atoms with Gasteiger partial charge in [-0.15, -0.1) is 0 Å². The van der Waals surface area contributed by atoms with Crippen molar-refractivity contribution in [3.05, 3.63) is 85.1 Å². The quantitative estimate of drug-likeness (QED) is 0.0195. The van der Waals surface area contributed by atoms with Crippen LogP contribution in [0.5, 0.6) is 0 Å². The molecule has 0 amide bonds. The van der Waals surface area contributed by atoms with Gasteiger partial charge in [-0.05, 0) is 89.9 Å². The Balaban J connectivity index is 4.04. The average molecular weight is 1090 g/mol. The van der Waals surface area contributed by atoms with Gasteiger partial charge in [0, 0.05) is 12.8 Å². The van der Waals surface area contributed by atoms with Crippen molar-refractivity contribution < 1.29 is 42.9 Å². The molecule has 0 aromatic rings. The number of carbonyl (C=O) groups is 3. The Bertz CT molecular complexity index is 1550. The van der Waals surface area contributed by atoms with Gasteiger partial charge in [-0.2, -0.15) is 0 Å². The third-order valence-electron chi connectivity index (χ3n) is 13.9. The molecule has 450 valence electrons. The van der Waals surface area contributed by atoms with E-state index in [-0.39, 0.29) is 38.6 Å². The number of likely N-dealkylation sites (N-methyl/N-ethyl adjacent to an activating group) is 1. The molecular formula is C69H121NO8. The van der Waals surface area contributed by atoms with Gasteiger partial charge < -0.3 is 33.3 Å². The highest BCUT2D eigenvalue weighted by Gasteiger charge is 2.22. The highest BCUT2D eigenvalue weighted by Crippen LogP contribution is 2.17. The van der Waals surface area contributed by atoms with Crippen molar-refractivity contribution in [3.8, 4) is 0 Å². The summed E-state index contributed by atoms with van der Waals surface area (Å²) in [4.78, 5) is 37.3. The van der Waals surface area contributed by atoms with Crippen LogP contribution in [0, 0.1) is 0 Å². The summed E-state index contributed by atoms with van der Waals surface area (Å²) < 4.78 is 22.7. The second-order valence-electron chi connectivity index (χ2n) is 22.7. The molecule has 0 heterocycles. The number of carboxylic acids is 1. The number of hydrogen-bond donors (Lipinski definition) is 0. The fourth-order valence-electron chi connectivity index (χ4n) is 8.95. The molecule has 2 unspecified atom stereocenters. The molecule has 0 saturated carbocycles. The van der Waals surface area contributed by atoms with E-state index in [2.05, 4.69) is 98.9 Å². The van der Waals surface area contributed by atoms with E-state index in [1.165, 1.54) is 154 Å². The zero-order chi connectivity index (χ0) is 56.9. The van der Waals surface area contributed by atoms with Crippen molar-refractivity contribution in [1.82, 2.24) is 0 Å². The minimum absolute atomic E-state index is 0.144. The monoisotopic (exact) mass is 1090 g/mol. The van der Waals surface area contributed by atoms with Crippen molar-refractivity contribution in [2.45, 2.75) is 289 Å². The molecule has 0 bridgehead atoms. The molecule has 0 spiro atoms. The molecular weight excluding hydrogens is 971 g/mol. The first-order chi connectivity index (χ1) is 38.1. The predicted octanol–water partition coefficient (Wildman–Crippen LogP) is 18.2. The van der Waals surface area contributed by atoms with Gasteiger partial charge in [0.1, 0.15) is 13.2 Å². The lowest BCUT2D eigenvalue weighted by Crippen LogP contribution is -2.44. The van der Waals surface area contributed by atoms with Gasteiger partial charge in [0.15, 0.2) is 12.4 Å². The molecule has 0 N–H and O–H groups in total. The van der Waals surface area contributed by atoms with E-state index < -0.39 is 24.3 Å². The summed E-state index contributed by atoms with van der Waals surface area (Å²) in [7, 11) is 5.92. The highest BCUT2D eigenvalue weighted by molar-refractivity contribution is 5.70. The van der Waals surface area contributed by atoms with E-state index in [0.717, 1.165) is 89.9 Å². The standard InChI is InChI=1S/C69H121NO8/c1-6-8-10-12-14-16-18-20-22-24-25-26-27-28-29-30-31-32-33-34-35-36-37-38-39-40-41-42-43-44-46-48-50-52-54-56-58-60-67(72)78-65(64-77-69(68(73)74)75-62-61-70(3,4)5)63-76-66(71)59-57-55-53-51-49-47-45-23-21-19-17-15-13-11-9-7-2/h8,10,14,16-17,19-20,22-23,25-26,28-29,45,65,69H,6-7,9,11-13,15,18,21,24,27,30-44,46-64H2,1-5H3/b10-8-,16-14-,19-17-,22-20-,26-25-,29-28-,45-23-. The van der Waals surface area contributed by atoms with Crippen molar-refractivity contribution >= 4 is 17.9 Å². The first kappa shape index (κ1) is 74.5. The second-order valence-corrected chi connectivity index (χ2v) is 22.7. The first-order valence-electron chi connectivity index (χ1n) is 32.2. The van der Waals surface area contributed by atoms with Gasteiger partial charge in [-0.3, -0.25) is 9.59 Å². The van der Waals surface area contributed by atoms with Crippen molar-refractivity contribution in [1.29, 1.82) is 0 Å². The maximum absolute atomic E-state index is 12.9. The number of rotatable bonds is 59. The van der Waals surface area contributed by atoms with Crippen molar-refractivity contribution in [3.63, 3.8) is 0 Å². The minimum atomic E-state index is -1.63. The number of nitrogens with zero attached hydrogens (tertiary/aromatic N) is 1. The van der Waals surface area contributed by atoms with E-state index in [1.807, 2.05) is 21.1 Å². The van der Waals surface area contributed by atoms with E-state index in [9.17, 15) is 19.5 Å². The fourth-order valence-corrected chi connectivity index (χ4v) is 8.95. The Morgan fingerprint density at radius 3 is 1.09 bits per heavy atom. The topological polar surface area (TPSA) is 111 Å². The Kier molecular flexibility index (Phi) is 56.9. The molecule has 0 aromatic carbocycles. The lowest BCUT2D eigenvalue weighted by molar-refractivity contribution is -0.870. The Morgan fingerprint density at radius 2 is 0.731 bits per heavy atom. The van der Waals surface area contributed by atoms with Crippen LogP contribution in [-0.2, 0) is 33.3 Å². The molecule has 0 aromatic heterocycles. The Hall–Kier alpha value is -3.53. The first-order valence-corrected chi connectivity index (χ1v) is 32.2. The van der Waals surface area contributed by atoms with Crippen LogP contribution < -0.4 is 5.11 Å². The predicted molar refractivity (Wildman–Crippen MR) is 329 cm³/mol. The van der Waals surface area contributed by atoms with E-state index in [1.54, 1.807) is 0 Å². The van der Waals surface area contributed by atoms with Crippen molar-refractivity contribution in [2.75, 3.05) is 47.5 Å². The number of ether oxygens (including phenoxy) is 4. The molecule has 0 fully saturated rings. The van der Waals surface area contributed by atoms with Crippen LogP contribution in [0.15, 0.2) is 85.1 Å². The number of aliphatic carboxylic acids is 1. The number of hydrogen-bond acceptors (Lipinski definition) is 8. The van der Waals surface area contributed by atoms with Gasteiger partial charge in [0.2, 0.25) is 0 Å². The van der Waals surface area contributed by atoms with Crippen LogP contribution in [0.2, 0.25) is 0 Å². The van der Waals surface area contributed by atoms with Gasteiger partial charge in [-0.25, -0.2) is 0 Å². The molecule has 78 heavy (non-hydrogen) atoms. The molecule has 9 heteroatoms. The Labute approximate surface area is 480 Å². The van der Waals surface area contributed by atoms with E-state index in [0.29, 0.717) is 17.4 Å². The van der Waals surface area contributed by atoms with Crippen LogP contribution in [-0.4, -0.2) is 82.3 Å². The SMILES string of the molecule is CC/C=C\C/C=C\C/C=C\C/C=C\C/C=C\CCCCCCCCCCCCCCCCCCCCCCCC(=O)OC(COC(=O)CCCCCCC/C=C\C/C=C\CCCCCC)COC(OCC[N+](C)(C)C)C(=O)[O-]. The minimum Gasteiger partial charge on any atom is -0.545 e.